The van der Waals surface area contributed by atoms with E-state index in [4.69, 9.17) is 19.4 Å². The second-order valence-corrected chi connectivity index (χ2v) is 13.9. The molecule has 0 saturated heterocycles. The van der Waals surface area contributed by atoms with Gasteiger partial charge in [-0.1, -0.05) is 109 Å². The van der Waals surface area contributed by atoms with Gasteiger partial charge in [0.15, 0.2) is 17.5 Å². The monoisotopic (exact) mass is 670 g/mol. The van der Waals surface area contributed by atoms with Crippen LogP contribution in [0, 0.1) is 0 Å². The van der Waals surface area contributed by atoms with E-state index in [-0.39, 0.29) is 0 Å². The Hall–Kier alpha value is -6.63. The number of para-hydroxylation sites is 3. The summed E-state index contributed by atoms with van der Waals surface area (Å²) < 4.78 is 11.1. The Balaban J connectivity index is 1.26. The van der Waals surface area contributed by atoms with Crippen molar-refractivity contribution in [3.05, 3.63) is 158 Å². The zero-order valence-electron chi connectivity index (χ0n) is 27.1. The van der Waals surface area contributed by atoms with E-state index in [0.29, 0.717) is 17.5 Å². The largest absolute Gasteiger partial charge is 0.456 e. The van der Waals surface area contributed by atoms with Crippen LogP contribution >= 0.6 is 11.3 Å². The van der Waals surface area contributed by atoms with Gasteiger partial charge in [-0.25, -0.2) is 15.0 Å². The van der Waals surface area contributed by atoms with Gasteiger partial charge >= 0.3 is 0 Å². The fourth-order valence-electron chi connectivity index (χ4n) is 7.60. The van der Waals surface area contributed by atoms with Crippen molar-refractivity contribution < 1.29 is 4.42 Å². The number of hydrogen-bond donors (Lipinski definition) is 0. The molecule has 7 aromatic carbocycles. The third-order valence-corrected chi connectivity index (χ3v) is 11.0. The summed E-state index contributed by atoms with van der Waals surface area (Å²) in [5.41, 5.74) is 7.70. The number of aromatic nitrogens is 4. The van der Waals surface area contributed by atoms with E-state index in [2.05, 4.69) is 126 Å². The normalized spacial score (nSPS) is 11.9. The minimum Gasteiger partial charge on any atom is -0.456 e. The Kier molecular flexibility index (Phi) is 6.05. The van der Waals surface area contributed by atoms with Crippen molar-refractivity contribution >= 4 is 75.3 Å². The Morgan fingerprint density at radius 2 is 1.04 bits per heavy atom. The highest BCUT2D eigenvalue weighted by molar-refractivity contribution is 7.26. The van der Waals surface area contributed by atoms with Gasteiger partial charge in [0.2, 0.25) is 0 Å². The number of nitrogens with zero attached hydrogens (tertiary/aromatic N) is 4. The molecule has 0 aliphatic rings. The first-order valence-corrected chi connectivity index (χ1v) is 17.8. The van der Waals surface area contributed by atoms with Gasteiger partial charge in [0.05, 0.1) is 22.3 Å². The van der Waals surface area contributed by atoms with Crippen LogP contribution in [0.1, 0.15) is 0 Å². The average Bonchev–Trinajstić information content (AvgIpc) is 3.87. The molecule has 0 saturated carbocycles. The van der Waals surface area contributed by atoms with Crippen molar-refractivity contribution in [2.24, 2.45) is 0 Å². The Bertz CT molecular complexity index is 3100. The summed E-state index contributed by atoms with van der Waals surface area (Å²) in [6, 6.07) is 54.9. The molecule has 11 rings (SSSR count). The number of furan rings is 1. The van der Waals surface area contributed by atoms with Crippen LogP contribution in [-0.4, -0.2) is 19.5 Å². The van der Waals surface area contributed by atoms with Gasteiger partial charge in [0.25, 0.3) is 0 Å². The predicted molar refractivity (Wildman–Crippen MR) is 211 cm³/mol. The molecule has 0 N–H and O–H groups in total. The lowest BCUT2D eigenvalue weighted by molar-refractivity contribution is 0.669. The zero-order valence-corrected chi connectivity index (χ0v) is 27.9. The van der Waals surface area contributed by atoms with Crippen LogP contribution in [0.2, 0.25) is 0 Å². The molecule has 0 spiro atoms. The summed E-state index contributed by atoms with van der Waals surface area (Å²) in [6.45, 7) is 0. The minimum atomic E-state index is 0.589. The van der Waals surface area contributed by atoms with E-state index in [1.165, 1.54) is 25.6 Å². The van der Waals surface area contributed by atoms with E-state index in [1.807, 2.05) is 36.4 Å². The maximum atomic E-state index is 6.32. The maximum absolute atomic E-state index is 6.32. The first-order chi connectivity index (χ1) is 25.3. The van der Waals surface area contributed by atoms with Crippen LogP contribution in [0.3, 0.4) is 0 Å². The number of fused-ring (bicyclic) bond motifs is 9. The Morgan fingerprint density at radius 3 is 1.82 bits per heavy atom. The molecule has 0 radical (unpaired) electrons. The molecule has 238 valence electrons. The lowest BCUT2D eigenvalue weighted by Crippen LogP contribution is -2.04. The Morgan fingerprint density at radius 1 is 0.431 bits per heavy atom. The van der Waals surface area contributed by atoms with Gasteiger partial charge in [-0.2, -0.15) is 0 Å². The van der Waals surface area contributed by atoms with Crippen molar-refractivity contribution in [1.82, 2.24) is 19.5 Å². The third kappa shape index (κ3) is 4.30. The molecular weight excluding hydrogens is 645 g/mol. The molecule has 0 unspecified atom stereocenters. The molecule has 5 nitrogen and oxygen atoms in total. The third-order valence-electron chi connectivity index (χ3n) is 9.87. The zero-order chi connectivity index (χ0) is 33.5. The molecule has 0 amide bonds. The fraction of sp³-hybridized carbons (Fsp3) is 0. The summed E-state index contributed by atoms with van der Waals surface area (Å²) in [7, 11) is 0. The number of rotatable bonds is 4. The lowest BCUT2D eigenvalue weighted by Gasteiger charge is -2.16. The van der Waals surface area contributed by atoms with Crippen molar-refractivity contribution in [2.75, 3.05) is 0 Å². The minimum absolute atomic E-state index is 0.589. The molecule has 0 fully saturated rings. The highest BCUT2D eigenvalue weighted by Gasteiger charge is 2.23. The predicted octanol–water partition coefficient (Wildman–Crippen LogP) is 12.2. The summed E-state index contributed by atoms with van der Waals surface area (Å²) in [4.78, 5) is 15.8. The highest BCUT2D eigenvalue weighted by atomic mass is 32.1. The Labute approximate surface area is 295 Å². The molecule has 0 aliphatic carbocycles. The van der Waals surface area contributed by atoms with Gasteiger partial charge in [-0.05, 0) is 48.5 Å². The quantitative estimate of drug-likeness (QED) is 0.187. The van der Waals surface area contributed by atoms with Gasteiger partial charge in [0.1, 0.15) is 11.2 Å². The molecule has 4 heterocycles. The first-order valence-electron chi connectivity index (χ1n) is 16.9. The lowest BCUT2D eigenvalue weighted by atomic mass is 10.0. The number of benzene rings is 7. The standard InChI is InChI=1S/C45H26N4OS/c1-2-12-27(13-3-1)43-46-44(28-22-23-32-31-16-6-10-20-37(31)50-38(32)26-28)48-45(47-43)42-36(24-25-40-41(42)33-17-7-11-21-39(33)51-40)49-34-18-8-4-14-29(34)30-15-5-9-19-35(30)49/h1-26H. The van der Waals surface area contributed by atoms with E-state index < -0.39 is 0 Å². The van der Waals surface area contributed by atoms with Gasteiger partial charge < -0.3 is 8.98 Å². The summed E-state index contributed by atoms with van der Waals surface area (Å²) in [6.07, 6.45) is 0. The summed E-state index contributed by atoms with van der Waals surface area (Å²) in [5, 5.41) is 6.88. The number of hydrogen-bond acceptors (Lipinski definition) is 5. The van der Waals surface area contributed by atoms with Crippen molar-refractivity contribution in [2.45, 2.75) is 0 Å². The van der Waals surface area contributed by atoms with Gasteiger partial charge in [0, 0.05) is 52.8 Å². The molecule has 0 aliphatic heterocycles. The SMILES string of the molecule is c1ccc(-c2nc(-c3ccc4c(c3)oc3ccccc34)nc(-c3c(-n4c5ccccc5c5ccccc54)ccc4sc5ccccc5c34)n2)cc1. The van der Waals surface area contributed by atoms with Crippen LogP contribution in [0.4, 0.5) is 0 Å². The smallest absolute Gasteiger partial charge is 0.166 e. The van der Waals surface area contributed by atoms with Crippen LogP contribution in [-0.2, 0) is 0 Å². The van der Waals surface area contributed by atoms with E-state index in [1.54, 1.807) is 11.3 Å². The van der Waals surface area contributed by atoms with Crippen molar-refractivity contribution in [3.63, 3.8) is 0 Å². The van der Waals surface area contributed by atoms with Crippen LogP contribution < -0.4 is 0 Å². The maximum Gasteiger partial charge on any atom is 0.166 e. The van der Waals surface area contributed by atoms with Crippen LogP contribution in [0.5, 0.6) is 0 Å². The van der Waals surface area contributed by atoms with E-state index in [9.17, 15) is 0 Å². The molecular formula is C45H26N4OS. The average molecular weight is 671 g/mol. The van der Waals surface area contributed by atoms with E-state index in [0.717, 1.165) is 60.7 Å². The van der Waals surface area contributed by atoms with Crippen LogP contribution in [0.25, 0.3) is 104 Å². The van der Waals surface area contributed by atoms with Gasteiger partial charge in [-0.3, -0.25) is 0 Å². The summed E-state index contributed by atoms with van der Waals surface area (Å²) >= 11 is 1.80. The summed E-state index contributed by atoms with van der Waals surface area (Å²) in [5.74, 6) is 1.82. The molecule has 0 bridgehead atoms. The van der Waals surface area contributed by atoms with Crippen molar-refractivity contribution in [1.29, 1.82) is 0 Å². The molecule has 0 atom stereocenters. The van der Waals surface area contributed by atoms with Crippen molar-refractivity contribution in [3.8, 4) is 39.9 Å². The molecule has 51 heavy (non-hydrogen) atoms. The van der Waals surface area contributed by atoms with Gasteiger partial charge in [-0.15, -0.1) is 11.3 Å². The topological polar surface area (TPSA) is 56.7 Å². The number of thiophene rings is 1. The van der Waals surface area contributed by atoms with E-state index >= 15 is 0 Å². The highest BCUT2D eigenvalue weighted by Crippen LogP contribution is 2.45. The van der Waals surface area contributed by atoms with Crippen LogP contribution in [0.15, 0.2) is 162 Å². The second kappa shape index (κ2) is 10.9. The molecule has 4 aromatic heterocycles. The molecule has 6 heteroatoms. The first kappa shape index (κ1) is 28.2. The fourth-order valence-corrected chi connectivity index (χ4v) is 8.71. The second-order valence-electron chi connectivity index (χ2n) is 12.8. The molecule has 11 aromatic rings.